The van der Waals surface area contributed by atoms with E-state index in [0.29, 0.717) is 5.52 Å². The van der Waals surface area contributed by atoms with Crippen LogP contribution in [0.2, 0.25) is 0 Å². The maximum absolute atomic E-state index is 14.0. The van der Waals surface area contributed by atoms with Gasteiger partial charge in [0.2, 0.25) is 5.91 Å². The maximum atomic E-state index is 14.0. The Hall–Kier alpha value is -3.41. The number of amides is 1. The van der Waals surface area contributed by atoms with Gasteiger partial charge in [-0.3, -0.25) is 4.79 Å². The molecule has 1 unspecified atom stereocenters. The molecule has 0 bridgehead atoms. The molecule has 28 heavy (non-hydrogen) atoms. The number of benzene rings is 2. The molecule has 142 valence electrons. The summed E-state index contributed by atoms with van der Waals surface area (Å²) in [5.74, 6) is -0.426. The Balaban J connectivity index is 1.56. The predicted molar refractivity (Wildman–Crippen MR) is 107 cm³/mol. The minimum atomic E-state index is -0.311. The first-order valence-electron chi connectivity index (χ1n) is 9.18. The van der Waals surface area contributed by atoms with Gasteiger partial charge < -0.3 is 10.3 Å². The molecule has 0 fully saturated rings. The van der Waals surface area contributed by atoms with Crippen molar-refractivity contribution < 1.29 is 9.18 Å². The highest BCUT2D eigenvalue weighted by molar-refractivity contribution is 5.90. The predicted octanol–water partition coefficient (Wildman–Crippen LogP) is 4.22. The fourth-order valence-corrected chi connectivity index (χ4v) is 3.60. The Bertz CT molecular complexity index is 1130. The quantitative estimate of drug-likeness (QED) is 0.548. The molecule has 4 rings (SSSR count). The average molecular weight is 376 g/mol. The molecule has 5 nitrogen and oxygen atoms in total. The number of aromatic nitrogens is 3. The van der Waals surface area contributed by atoms with Gasteiger partial charge in [0.15, 0.2) is 0 Å². The summed E-state index contributed by atoms with van der Waals surface area (Å²) in [5.41, 5.74) is 3.96. The van der Waals surface area contributed by atoms with Crippen molar-refractivity contribution >= 4 is 16.8 Å². The number of halogens is 1. The van der Waals surface area contributed by atoms with Crippen LogP contribution in [0.3, 0.4) is 0 Å². The molecule has 0 spiro atoms. The van der Waals surface area contributed by atoms with Gasteiger partial charge in [0.05, 0.1) is 23.7 Å². The lowest BCUT2D eigenvalue weighted by Crippen LogP contribution is -2.29. The fraction of sp³-hybridized carbons (Fsp3) is 0.182. The van der Waals surface area contributed by atoms with E-state index in [2.05, 4.69) is 15.4 Å². The number of para-hydroxylation sites is 2. The van der Waals surface area contributed by atoms with Gasteiger partial charge in [-0.05, 0) is 43.2 Å². The summed E-state index contributed by atoms with van der Waals surface area (Å²) in [6.07, 6.45) is 3.78. The minimum Gasteiger partial charge on any atom is -0.356 e. The third-order valence-corrected chi connectivity index (χ3v) is 4.97. The standard InChI is InChI=1S/C22H21FN4O/c1-14(16-7-3-4-10-20(16)27-12-6-11-24-27)25-21(28)13-18-15(2)26-22-17(18)8-5-9-19(22)23/h3-12,14,26H,13H2,1-2H3,(H,25,28). The number of hydrogen-bond acceptors (Lipinski definition) is 2. The summed E-state index contributed by atoms with van der Waals surface area (Å²) in [4.78, 5) is 15.8. The third-order valence-electron chi connectivity index (χ3n) is 4.97. The van der Waals surface area contributed by atoms with Crippen molar-refractivity contribution in [2.24, 2.45) is 0 Å². The van der Waals surface area contributed by atoms with Crippen LogP contribution in [0.15, 0.2) is 60.9 Å². The molecular formula is C22H21FN4O. The van der Waals surface area contributed by atoms with E-state index in [1.807, 2.05) is 56.4 Å². The van der Waals surface area contributed by atoms with Crippen molar-refractivity contribution in [1.29, 1.82) is 0 Å². The van der Waals surface area contributed by atoms with Gasteiger partial charge in [-0.15, -0.1) is 0 Å². The van der Waals surface area contributed by atoms with Crippen LogP contribution in [0.25, 0.3) is 16.6 Å². The summed E-state index contributed by atoms with van der Waals surface area (Å²) < 4.78 is 15.8. The first-order chi connectivity index (χ1) is 13.5. The number of aryl methyl sites for hydroxylation is 1. The second-order valence-electron chi connectivity index (χ2n) is 6.87. The largest absolute Gasteiger partial charge is 0.356 e. The van der Waals surface area contributed by atoms with Crippen LogP contribution >= 0.6 is 0 Å². The molecule has 6 heteroatoms. The van der Waals surface area contributed by atoms with Gasteiger partial charge in [0.1, 0.15) is 5.82 Å². The fourth-order valence-electron chi connectivity index (χ4n) is 3.60. The molecule has 0 saturated heterocycles. The smallest absolute Gasteiger partial charge is 0.224 e. The van der Waals surface area contributed by atoms with Crippen molar-refractivity contribution in [2.45, 2.75) is 26.3 Å². The molecule has 0 aliphatic carbocycles. The number of H-pyrrole nitrogens is 1. The lowest BCUT2D eigenvalue weighted by atomic mass is 10.0. The summed E-state index contributed by atoms with van der Waals surface area (Å²) in [7, 11) is 0. The SMILES string of the molecule is Cc1[nH]c2c(F)cccc2c1CC(=O)NC(C)c1ccccc1-n1cccn1. The second-order valence-corrected chi connectivity index (χ2v) is 6.87. The lowest BCUT2D eigenvalue weighted by molar-refractivity contribution is -0.121. The van der Waals surface area contributed by atoms with Gasteiger partial charge in [0, 0.05) is 23.5 Å². The zero-order valence-corrected chi connectivity index (χ0v) is 15.7. The maximum Gasteiger partial charge on any atom is 0.224 e. The summed E-state index contributed by atoms with van der Waals surface area (Å²) in [6, 6.07) is 14.4. The molecule has 2 aromatic heterocycles. The van der Waals surface area contributed by atoms with Crippen molar-refractivity contribution in [1.82, 2.24) is 20.1 Å². The molecule has 2 aromatic carbocycles. The van der Waals surface area contributed by atoms with Crippen LogP contribution in [-0.4, -0.2) is 20.7 Å². The number of carbonyl (C=O) groups is 1. The van der Waals surface area contributed by atoms with E-state index >= 15 is 0 Å². The normalized spacial score (nSPS) is 12.2. The molecule has 1 atom stereocenters. The molecule has 1 amide bonds. The highest BCUT2D eigenvalue weighted by Crippen LogP contribution is 2.25. The van der Waals surface area contributed by atoms with E-state index < -0.39 is 0 Å². The number of fused-ring (bicyclic) bond motifs is 1. The minimum absolute atomic E-state index is 0.115. The molecule has 0 aliphatic heterocycles. The third kappa shape index (κ3) is 3.29. The highest BCUT2D eigenvalue weighted by atomic mass is 19.1. The van der Waals surface area contributed by atoms with Gasteiger partial charge in [0.25, 0.3) is 0 Å². The Morgan fingerprint density at radius 3 is 2.82 bits per heavy atom. The van der Waals surface area contributed by atoms with Gasteiger partial charge >= 0.3 is 0 Å². The van der Waals surface area contributed by atoms with E-state index in [1.54, 1.807) is 16.9 Å². The molecule has 2 heterocycles. The van der Waals surface area contributed by atoms with Crippen molar-refractivity contribution in [3.63, 3.8) is 0 Å². The number of hydrogen-bond donors (Lipinski definition) is 2. The Morgan fingerprint density at radius 1 is 1.21 bits per heavy atom. The van der Waals surface area contributed by atoms with Crippen molar-refractivity contribution in [3.05, 3.63) is 83.6 Å². The average Bonchev–Trinajstić information content (AvgIpc) is 3.32. The highest BCUT2D eigenvalue weighted by Gasteiger charge is 2.18. The molecule has 0 radical (unpaired) electrons. The first-order valence-corrected chi connectivity index (χ1v) is 9.18. The Kier molecular flexibility index (Phi) is 4.69. The van der Waals surface area contributed by atoms with Crippen LogP contribution in [-0.2, 0) is 11.2 Å². The number of carbonyl (C=O) groups excluding carboxylic acids is 1. The molecule has 0 saturated carbocycles. The van der Waals surface area contributed by atoms with Crippen LogP contribution in [0.5, 0.6) is 0 Å². The zero-order valence-electron chi connectivity index (χ0n) is 15.7. The zero-order chi connectivity index (χ0) is 19.7. The number of rotatable bonds is 5. The van der Waals surface area contributed by atoms with E-state index in [-0.39, 0.29) is 24.2 Å². The van der Waals surface area contributed by atoms with E-state index in [9.17, 15) is 9.18 Å². The molecule has 4 aromatic rings. The number of nitrogens with zero attached hydrogens (tertiary/aromatic N) is 2. The Morgan fingerprint density at radius 2 is 2.04 bits per heavy atom. The van der Waals surface area contributed by atoms with Crippen LogP contribution < -0.4 is 5.32 Å². The number of aromatic amines is 1. The van der Waals surface area contributed by atoms with Crippen LogP contribution in [0.1, 0.15) is 29.8 Å². The van der Waals surface area contributed by atoms with Crippen LogP contribution in [0.4, 0.5) is 4.39 Å². The van der Waals surface area contributed by atoms with Crippen molar-refractivity contribution in [3.8, 4) is 5.69 Å². The number of nitrogens with one attached hydrogen (secondary N) is 2. The van der Waals surface area contributed by atoms with Crippen LogP contribution in [0, 0.1) is 12.7 Å². The lowest BCUT2D eigenvalue weighted by Gasteiger charge is -2.18. The first kappa shape index (κ1) is 18.0. The second kappa shape index (κ2) is 7.31. The monoisotopic (exact) mass is 376 g/mol. The van der Waals surface area contributed by atoms with E-state index in [1.165, 1.54) is 6.07 Å². The molecule has 2 N–H and O–H groups in total. The summed E-state index contributed by atoms with van der Waals surface area (Å²) in [5, 5.41) is 8.09. The van der Waals surface area contributed by atoms with Crippen molar-refractivity contribution in [2.75, 3.05) is 0 Å². The van der Waals surface area contributed by atoms with Gasteiger partial charge in [-0.2, -0.15) is 5.10 Å². The molecule has 0 aliphatic rings. The molecular weight excluding hydrogens is 355 g/mol. The van der Waals surface area contributed by atoms with Gasteiger partial charge in [-0.25, -0.2) is 9.07 Å². The summed E-state index contributed by atoms with van der Waals surface area (Å²) in [6.45, 7) is 3.81. The topological polar surface area (TPSA) is 62.7 Å². The Labute approximate surface area is 162 Å². The van der Waals surface area contributed by atoms with Gasteiger partial charge in [-0.1, -0.05) is 30.3 Å². The van der Waals surface area contributed by atoms with E-state index in [4.69, 9.17) is 0 Å². The summed E-state index contributed by atoms with van der Waals surface area (Å²) >= 11 is 0. The van der Waals surface area contributed by atoms with E-state index in [0.717, 1.165) is 27.9 Å².